The third-order valence-electron chi connectivity index (χ3n) is 3.82. The highest BCUT2D eigenvalue weighted by molar-refractivity contribution is 6.30. The third-order valence-corrected chi connectivity index (χ3v) is 4.07. The molecule has 0 heterocycles. The van der Waals surface area contributed by atoms with E-state index < -0.39 is 0 Å². The molecule has 0 fully saturated rings. The van der Waals surface area contributed by atoms with Crippen molar-refractivity contribution in [2.45, 2.75) is 12.6 Å². The molecule has 0 saturated heterocycles. The number of rotatable bonds is 6. The summed E-state index contributed by atoms with van der Waals surface area (Å²) in [5, 5.41) is 3.70. The van der Waals surface area contributed by atoms with Gasteiger partial charge in [0.2, 0.25) is 0 Å². The zero-order chi connectivity index (χ0) is 16.8. The average Bonchev–Trinajstić information content (AvgIpc) is 2.56. The molecule has 122 valence electrons. The van der Waals surface area contributed by atoms with Gasteiger partial charge in [-0.3, -0.25) is 4.79 Å². The first-order chi connectivity index (χ1) is 11.0. The van der Waals surface area contributed by atoms with Crippen LogP contribution >= 0.6 is 11.6 Å². The first-order valence-electron chi connectivity index (χ1n) is 7.51. The number of amides is 1. The molecular weight excluding hydrogens is 310 g/mol. The zero-order valence-electron chi connectivity index (χ0n) is 13.4. The standard InChI is InChI=1S/C18H22ClN3O/c1-22(2)17(13-7-9-15(19)10-8-13)12-21-18(23)16-6-4-3-5-14(16)11-20/h3-10,17H,11-12,20H2,1-2H3,(H,21,23). The molecule has 1 unspecified atom stereocenters. The maximum atomic E-state index is 12.4. The summed E-state index contributed by atoms with van der Waals surface area (Å²) < 4.78 is 0. The van der Waals surface area contributed by atoms with Crippen LogP contribution in [-0.2, 0) is 6.54 Å². The summed E-state index contributed by atoms with van der Waals surface area (Å²) in [6, 6.07) is 15.1. The van der Waals surface area contributed by atoms with E-state index in [0.29, 0.717) is 23.7 Å². The monoisotopic (exact) mass is 331 g/mol. The summed E-state index contributed by atoms with van der Waals surface area (Å²) in [4.78, 5) is 14.5. The molecule has 1 amide bonds. The number of hydrogen-bond acceptors (Lipinski definition) is 3. The Balaban J connectivity index is 2.09. The van der Waals surface area contributed by atoms with Crippen molar-refractivity contribution in [3.05, 3.63) is 70.2 Å². The summed E-state index contributed by atoms with van der Waals surface area (Å²) in [6.45, 7) is 0.851. The van der Waals surface area contributed by atoms with E-state index in [1.165, 1.54) is 0 Å². The molecular formula is C18H22ClN3O. The number of likely N-dealkylation sites (N-methyl/N-ethyl adjacent to an activating group) is 1. The Morgan fingerprint density at radius 3 is 2.43 bits per heavy atom. The van der Waals surface area contributed by atoms with Gasteiger partial charge >= 0.3 is 0 Å². The van der Waals surface area contributed by atoms with Gasteiger partial charge in [0.1, 0.15) is 0 Å². The fourth-order valence-electron chi connectivity index (χ4n) is 2.49. The van der Waals surface area contributed by atoms with Gasteiger partial charge in [-0.1, -0.05) is 41.9 Å². The van der Waals surface area contributed by atoms with Crippen LogP contribution in [0.4, 0.5) is 0 Å². The van der Waals surface area contributed by atoms with Crippen LogP contribution in [0.1, 0.15) is 27.5 Å². The average molecular weight is 332 g/mol. The van der Waals surface area contributed by atoms with E-state index in [0.717, 1.165) is 11.1 Å². The van der Waals surface area contributed by atoms with Crippen LogP contribution in [0.25, 0.3) is 0 Å². The number of halogens is 1. The summed E-state index contributed by atoms with van der Waals surface area (Å²) in [6.07, 6.45) is 0. The molecule has 0 bridgehead atoms. The minimum Gasteiger partial charge on any atom is -0.350 e. The number of carbonyl (C=O) groups excluding carboxylic acids is 1. The highest BCUT2D eigenvalue weighted by Crippen LogP contribution is 2.20. The minimum absolute atomic E-state index is 0.0706. The maximum absolute atomic E-state index is 12.4. The van der Waals surface area contributed by atoms with Crippen LogP contribution in [0.3, 0.4) is 0 Å². The summed E-state index contributed by atoms with van der Waals surface area (Å²) in [7, 11) is 3.97. The quantitative estimate of drug-likeness (QED) is 0.855. The first kappa shape index (κ1) is 17.5. The van der Waals surface area contributed by atoms with Crippen LogP contribution in [0.2, 0.25) is 5.02 Å². The number of hydrogen-bond donors (Lipinski definition) is 2. The van der Waals surface area contributed by atoms with E-state index in [9.17, 15) is 4.79 Å². The van der Waals surface area contributed by atoms with E-state index in [-0.39, 0.29) is 11.9 Å². The van der Waals surface area contributed by atoms with Crippen molar-refractivity contribution in [3.8, 4) is 0 Å². The van der Waals surface area contributed by atoms with E-state index in [1.54, 1.807) is 6.07 Å². The highest BCUT2D eigenvalue weighted by Gasteiger charge is 2.17. The van der Waals surface area contributed by atoms with Crippen molar-refractivity contribution in [1.82, 2.24) is 10.2 Å². The summed E-state index contributed by atoms with van der Waals surface area (Å²) in [5.74, 6) is -0.105. The van der Waals surface area contributed by atoms with E-state index >= 15 is 0 Å². The molecule has 23 heavy (non-hydrogen) atoms. The van der Waals surface area contributed by atoms with E-state index in [2.05, 4.69) is 10.2 Å². The molecule has 0 radical (unpaired) electrons. The highest BCUT2D eigenvalue weighted by atomic mass is 35.5. The lowest BCUT2D eigenvalue weighted by molar-refractivity contribution is 0.0941. The van der Waals surface area contributed by atoms with Crippen LogP contribution in [0, 0.1) is 0 Å². The molecule has 5 heteroatoms. The molecule has 0 aliphatic heterocycles. The van der Waals surface area contributed by atoms with Crippen LogP contribution in [0.5, 0.6) is 0 Å². The van der Waals surface area contributed by atoms with Crippen molar-refractivity contribution < 1.29 is 4.79 Å². The van der Waals surface area contributed by atoms with Gasteiger partial charge < -0.3 is 16.0 Å². The molecule has 0 aliphatic rings. The normalized spacial score (nSPS) is 12.2. The van der Waals surface area contributed by atoms with Gasteiger partial charge in [-0.25, -0.2) is 0 Å². The molecule has 0 aliphatic carbocycles. The second-order valence-electron chi connectivity index (χ2n) is 5.60. The first-order valence-corrected chi connectivity index (χ1v) is 7.88. The third kappa shape index (κ3) is 4.55. The molecule has 2 aromatic carbocycles. The van der Waals surface area contributed by atoms with Crippen LogP contribution in [-0.4, -0.2) is 31.4 Å². The summed E-state index contributed by atoms with van der Waals surface area (Å²) >= 11 is 5.94. The van der Waals surface area contributed by atoms with Crippen molar-refractivity contribution in [1.29, 1.82) is 0 Å². The number of benzene rings is 2. The molecule has 0 saturated carbocycles. The van der Waals surface area contributed by atoms with Crippen molar-refractivity contribution in [2.24, 2.45) is 5.73 Å². The Bertz CT molecular complexity index is 656. The predicted octanol–water partition coefficient (Wildman–Crippen LogP) is 2.83. The topological polar surface area (TPSA) is 58.4 Å². The fourth-order valence-corrected chi connectivity index (χ4v) is 2.61. The number of carbonyl (C=O) groups is 1. The van der Waals surface area contributed by atoms with Gasteiger partial charge in [-0.05, 0) is 43.4 Å². The Labute approximate surface area is 142 Å². The second-order valence-corrected chi connectivity index (χ2v) is 6.04. The molecule has 0 spiro atoms. The molecule has 2 aromatic rings. The second kappa shape index (κ2) is 8.11. The van der Waals surface area contributed by atoms with Crippen LogP contribution < -0.4 is 11.1 Å². The van der Waals surface area contributed by atoms with Crippen molar-refractivity contribution in [2.75, 3.05) is 20.6 Å². The zero-order valence-corrected chi connectivity index (χ0v) is 14.2. The van der Waals surface area contributed by atoms with Gasteiger partial charge in [0.15, 0.2) is 0 Å². The van der Waals surface area contributed by atoms with Gasteiger partial charge in [0.25, 0.3) is 5.91 Å². The molecule has 4 nitrogen and oxygen atoms in total. The van der Waals surface area contributed by atoms with Crippen molar-refractivity contribution in [3.63, 3.8) is 0 Å². The number of nitrogens with one attached hydrogen (secondary N) is 1. The predicted molar refractivity (Wildman–Crippen MR) is 94.5 cm³/mol. The lowest BCUT2D eigenvalue weighted by Gasteiger charge is -2.25. The molecule has 0 aromatic heterocycles. The largest absolute Gasteiger partial charge is 0.350 e. The Hall–Kier alpha value is -1.88. The van der Waals surface area contributed by atoms with E-state index in [1.807, 2.05) is 56.6 Å². The van der Waals surface area contributed by atoms with E-state index in [4.69, 9.17) is 17.3 Å². The molecule has 1 atom stereocenters. The minimum atomic E-state index is -0.105. The maximum Gasteiger partial charge on any atom is 0.251 e. The Morgan fingerprint density at radius 1 is 1.17 bits per heavy atom. The number of nitrogens with two attached hydrogens (primary N) is 1. The SMILES string of the molecule is CN(C)C(CNC(=O)c1ccccc1CN)c1ccc(Cl)cc1. The number of nitrogens with zero attached hydrogens (tertiary/aromatic N) is 1. The molecule has 2 rings (SSSR count). The van der Waals surface area contributed by atoms with Gasteiger partial charge in [0, 0.05) is 23.7 Å². The fraction of sp³-hybridized carbons (Fsp3) is 0.278. The Morgan fingerprint density at radius 2 is 1.83 bits per heavy atom. The summed E-state index contributed by atoms with van der Waals surface area (Å²) in [5.41, 5.74) is 8.27. The van der Waals surface area contributed by atoms with Crippen LogP contribution in [0.15, 0.2) is 48.5 Å². The van der Waals surface area contributed by atoms with Gasteiger partial charge in [-0.2, -0.15) is 0 Å². The van der Waals surface area contributed by atoms with Crippen molar-refractivity contribution >= 4 is 17.5 Å². The lowest BCUT2D eigenvalue weighted by atomic mass is 10.0. The van der Waals surface area contributed by atoms with Gasteiger partial charge in [0.05, 0.1) is 6.04 Å². The van der Waals surface area contributed by atoms with Gasteiger partial charge in [-0.15, -0.1) is 0 Å². The Kier molecular flexibility index (Phi) is 6.16. The lowest BCUT2D eigenvalue weighted by Crippen LogP contribution is -2.35. The smallest absolute Gasteiger partial charge is 0.251 e. The molecule has 3 N–H and O–H groups in total.